The van der Waals surface area contributed by atoms with Gasteiger partial charge in [-0.05, 0) is 31.7 Å². The second-order valence-corrected chi connectivity index (χ2v) is 4.81. The molecular weight excluding hydrogens is 234 g/mol. The number of thioether (sulfide) groups is 1. The van der Waals surface area contributed by atoms with Crippen molar-refractivity contribution in [3.05, 3.63) is 41.2 Å². The van der Waals surface area contributed by atoms with Crippen LogP contribution in [0.1, 0.15) is 17.0 Å². The highest BCUT2D eigenvalue weighted by molar-refractivity contribution is 7.98. The Morgan fingerprint density at radius 1 is 1.24 bits per heavy atom. The fourth-order valence-corrected chi connectivity index (χ4v) is 2.33. The Bertz CT molecular complexity index is 467. The zero-order valence-electron chi connectivity index (χ0n) is 9.93. The standard InChI is InChI=1S/C12H15N3OS/c1-9-12(15-16-14-9)8-17-11-5-3-10(4-6-11)7-13-2/h3-6,13H,7-8H2,1-2H3. The number of hydrogen-bond donors (Lipinski definition) is 1. The van der Waals surface area contributed by atoms with Crippen LogP contribution in [-0.4, -0.2) is 17.4 Å². The largest absolute Gasteiger partial charge is 0.316 e. The summed E-state index contributed by atoms with van der Waals surface area (Å²) in [5.41, 5.74) is 3.06. The number of hydrogen-bond acceptors (Lipinski definition) is 5. The predicted octanol–water partition coefficient (Wildman–Crippen LogP) is 2.39. The van der Waals surface area contributed by atoms with Crippen molar-refractivity contribution >= 4 is 11.8 Å². The molecule has 0 saturated carbocycles. The first-order valence-corrected chi connectivity index (χ1v) is 6.42. The molecule has 1 heterocycles. The average Bonchev–Trinajstić information content (AvgIpc) is 2.75. The fraction of sp³-hybridized carbons (Fsp3) is 0.333. The molecule has 1 N–H and O–H groups in total. The number of nitrogens with one attached hydrogen (secondary N) is 1. The van der Waals surface area contributed by atoms with E-state index in [1.165, 1.54) is 10.5 Å². The van der Waals surface area contributed by atoms with Gasteiger partial charge in [-0.1, -0.05) is 22.4 Å². The van der Waals surface area contributed by atoms with Crippen LogP contribution in [0.4, 0.5) is 0 Å². The molecule has 0 amide bonds. The predicted molar refractivity (Wildman–Crippen MR) is 67.8 cm³/mol. The van der Waals surface area contributed by atoms with Crippen LogP contribution < -0.4 is 5.32 Å². The summed E-state index contributed by atoms with van der Waals surface area (Å²) in [6.07, 6.45) is 0. The summed E-state index contributed by atoms with van der Waals surface area (Å²) < 4.78 is 4.66. The van der Waals surface area contributed by atoms with E-state index in [1.807, 2.05) is 14.0 Å². The number of nitrogens with zero attached hydrogens (tertiary/aromatic N) is 2. The lowest BCUT2D eigenvalue weighted by atomic mass is 10.2. The first-order chi connectivity index (χ1) is 8.29. The van der Waals surface area contributed by atoms with E-state index in [-0.39, 0.29) is 0 Å². The highest BCUT2D eigenvalue weighted by atomic mass is 32.2. The molecule has 4 nitrogen and oxygen atoms in total. The fourth-order valence-electron chi connectivity index (χ4n) is 1.44. The van der Waals surface area contributed by atoms with E-state index in [0.29, 0.717) is 0 Å². The Morgan fingerprint density at radius 3 is 2.59 bits per heavy atom. The van der Waals surface area contributed by atoms with Crippen molar-refractivity contribution in [1.29, 1.82) is 0 Å². The van der Waals surface area contributed by atoms with Gasteiger partial charge < -0.3 is 5.32 Å². The van der Waals surface area contributed by atoms with Crippen molar-refractivity contribution in [2.75, 3.05) is 7.05 Å². The third kappa shape index (κ3) is 3.31. The van der Waals surface area contributed by atoms with Crippen LogP contribution in [0, 0.1) is 6.92 Å². The molecule has 0 aliphatic heterocycles. The summed E-state index contributed by atoms with van der Waals surface area (Å²) in [6, 6.07) is 8.51. The molecule has 0 saturated heterocycles. The molecule has 17 heavy (non-hydrogen) atoms. The molecule has 0 bridgehead atoms. The van der Waals surface area contributed by atoms with E-state index in [2.05, 4.69) is 44.5 Å². The van der Waals surface area contributed by atoms with Gasteiger partial charge in [0.15, 0.2) is 0 Å². The van der Waals surface area contributed by atoms with E-state index in [9.17, 15) is 0 Å². The molecular formula is C12H15N3OS. The second kappa shape index (κ2) is 5.84. The van der Waals surface area contributed by atoms with Crippen LogP contribution in [-0.2, 0) is 12.3 Å². The van der Waals surface area contributed by atoms with Crippen LogP contribution in [0.25, 0.3) is 0 Å². The van der Waals surface area contributed by atoms with Crippen molar-refractivity contribution in [2.24, 2.45) is 0 Å². The zero-order valence-corrected chi connectivity index (χ0v) is 10.8. The summed E-state index contributed by atoms with van der Waals surface area (Å²) in [5.74, 6) is 0.792. The Hall–Kier alpha value is -1.33. The molecule has 1 aromatic carbocycles. The topological polar surface area (TPSA) is 51.0 Å². The monoisotopic (exact) mass is 249 g/mol. The normalized spacial score (nSPS) is 10.7. The summed E-state index contributed by atoms with van der Waals surface area (Å²) in [4.78, 5) is 1.23. The van der Waals surface area contributed by atoms with Crippen LogP contribution in [0.2, 0.25) is 0 Å². The molecule has 1 aromatic heterocycles. The van der Waals surface area contributed by atoms with E-state index in [4.69, 9.17) is 0 Å². The minimum Gasteiger partial charge on any atom is -0.316 e. The maximum Gasteiger partial charge on any atom is 0.118 e. The molecule has 90 valence electrons. The molecule has 0 aliphatic rings. The highest BCUT2D eigenvalue weighted by Crippen LogP contribution is 2.23. The van der Waals surface area contributed by atoms with E-state index in [0.717, 1.165) is 23.7 Å². The highest BCUT2D eigenvalue weighted by Gasteiger charge is 2.05. The van der Waals surface area contributed by atoms with Crippen LogP contribution in [0.15, 0.2) is 33.8 Å². The van der Waals surface area contributed by atoms with Gasteiger partial charge in [0.25, 0.3) is 0 Å². The zero-order chi connectivity index (χ0) is 12.1. The summed E-state index contributed by atoms with van der Waals surface area (Å²) in [6.45, 7) is 2.81. The maximum atomic E-state index is 4.66. The quantitative estimate of drug-likeness (QED) is 0.825. The first-order valence-electron chi connectivity index (χ1n) is 5.44. The SMILES string of the molecule is CNCc1ccc(SCc2nonc2C)cc1. The van der Waals surface area contributed by atoms with E-state index in [1.54, 1.807) is 11.8 Å². The van der Waals surface area contributed by atoms with Gasteiger partial charge >= 0.3 is 0 Å². The molecule has 0 spiro atoms. The molecule has 5 heteroatoms. The molecule has 2 aromatic rings. The second-order valence-electron chi connectivity index (χ2n) is 3.76. The summed E-state index contributed by atoms with van der Waals surface area (Å²) in [7, 11) is 1.95. The molecule has 0 unspecified atom stereocenters. The smallest absolute Gasteiger partial charge is 0.118 e. The van der Waals surface area contributed by atoms with Crippen molar-refractivity contribution in [3.63, 3.8) is 0 Å². The van der Waals surface area contributed by atoms with Crippen LogP contribution >= 0.6 is 11.8 Å². The third-order valence-corrected chi connectivity index (χ3v) is 3.45. The molecule has 0 atom stereocenters. The first kappa shape index (κ1) is 12.1. The maximum absolute atomic E-state index is 4.66. The lowest BCUT2D eigenvalue weighted by Gasteiger charge is -2.02. The van der Waals surface area contributed by atoms with Crippen LogP contribution in [0.5, 0.6) is 0 Å². The molecule has 0 fully saturated rings. The van der Waals surface area contributed by atoms with Crippen molar-refractivity contribution in [1.82, 2.24) is 15.6 Å². The number of benzene rings is 1. The Morgan fingerprint density at radius 2 is 2.00 bits per heavy atom. The van der Waals surface area contributed by atoms with Crippen LogP contribution in [0.3, 0.4) is 0 Å². The average molecular weight is 249 g/mol. The van der Waals surface area contributed by atoms with Gasteiger partial charge in [0, 0.05) is 17.2 Å². The lowest BCUT2D eigenvalue weighted by Crippen LogP contribution is -2.04. The molecule has 0 radical (unpaired) electrons. The van der Waals surface area contributed by atoms with Gasteiger partial charge in [-0.15, -0.1) is 11.8 Å². The third-order valence-electron chi connectivity index (χ3n) is 2.43. The van der Waals surface area contributed by atoms with Crippen molar-refractivity contribution in [3.8, 4) is 0 Å². The van der Waals surface area contributed by atoms with Gasteiger partial charge in [0.2, 0.25) is 0 Å². The summed E-state index contributed by atoms with van der Waals surface area (Å²) in [5, 5.41) is 10.7. The minimum absolute atomic E-state index is 0.792. The number of aromatic nitrogens is 2. The minimum atomic E-state index is 0.792. The van der Waals surface area contributed by atoms with Gasteiger partial charge in [-0.2, -0.15) is 0 Å². The number of aryl methyl sites for hydroxylation is 1. The number of rotatable bonds is 5. The Balaban J connectivity index is 1.93. The Labute approximate surface area is 105 Å². The molecule has 2 rings (SSSR count). The van der Waals surface area contributed by atoms with Crippen molar-refractivity contribution in [2.45, 2.75) is 24.1 Å². The summed E-state index contributed by atoms with van der Waals surface area (Å²) >= 11 is 1.74. The van der Waals surface area contributed by atoms with E-state index < -0.39 is 0 Å². The van der Waals surface area contributed by atoms with Crippen molar-refractivity contribution < 1.29 is 4.63 Å². The lowest BCUT2D eigenvalue weighted by molar-refractivity contribution is 0.302. The van der Waals surface area contributed by atoms with E-state index >= 15 is 0 Å². The van der Waals surface area contributed by atoms with Gasteiger partial charge in [-0.3, -0.25) is 0 Å². The molecule has 0 aliphatic carbocycles. The van der Waals surface area contributed by atoms with Gasteiger partial charge in [-0.25, -0.2) is 4.63 Å². The Kier molecular flexibility index (Phi) is 4.17. The van der Waals surface area contributed by atoms with Gasteiger partial charge in [0.05, 0.1) is 0 Å². The van der Waals surface area contributed by atoms with Gasteiger partial charge in [0.1, 0.15) is 11.4 Å².